The molecule has 2 aromatic carbocycles. The van der Waals surface area contributed by atoms with Crippen LogP contribution in [0, 0.1) is 10.1 Å². The highest BCUT2D eigenvalue weighted by molar-refractivity contribution is 7.98. The molecule has 1 N–H and O–H groups in total. The van der Waals surface area contributed by atoms with E-state index in [0.29, 0.717) is 11.4 Å². The van der Waals surface area contributed by atoms with Crippen LogP contribution in [0.2, 0.25) is 0 Å². The van der Waals surface area contributed by atoms with Crippen LogP contribution in [0.3, 0.4) is 0 Å². The maximum Gasteiger partial charge on any atom is 0.334 e. The molecule has 0 spiro atoms. The van der Waals surface area contributed by atoms with Crippen LogP contribution in [0.15, 0.2) is 47.4 Å². The number of ether oxygens (including phenoxy) is 1. The summed E-state index contributed by atoms with van der Waals surface area (Å²) in [6, 6.07) is 12.4. The van der Waals surface area contributed by atoms with E-state index in [4.69, 9.17) is 4.74 Å². The Morgan fingerprint density at radius 3 is 2.50 bits per heavy atom. The summed E-state index contributed by atoms with van der Waals surface area (Å²) in [7, 11) is 1.64. The van der Waals surface area contributed by atoms with Gasteiger partial charge < -0.3 is 10.1 Å². The molecule has 0 unspecified atom stereocenters. The van der Waals surface area contributed by atoms with Crippen molar-refractivity contribution in [1.82, 2.24) is 0 Å². The number of thioether (sulfide) groups is 1. The van der Waals surface area contributed by atoms with Crippen molar-refractivity contribution in [2.75, 3.05) is 18.6 Å². The number of benzene rings is 2. The quantitative estimate of drug-likeness (QED) is 0.509. The lowest BCUT2D eigenvalue weighted by atomic mass is 10.2. The van der Waals surface area contributed by atoms with Crippen LogP contribution in [0.1, 0.15) is 0 Å². The monoisotopic (exact) mass is 290 g/mol. The minimum absolute atomic E-state index is 0.0640. The Morgan fingerprint density at radius 2 is 1.85 bits per heavy atom. The normalized spacial score (nSPS) is 10.1. The lowest BCUT2D eigenvalue weighted by Crippen LogP contribution is -1.99. The van der Waals surface area contributed by atoms with Gasteiger partial charge in [-0.05, 0) is 30.5 Å². The van der Waals surface area contributed by atoms with E-state index in [9.17, 15) is 10.1 Å². The van der Waals surface area contributed by atoms with Gasteiger partial charge in [-0.25, -0.2) is 0 Å². The van der Waals surface area contributed by atoms with Crippen LogP contribution in [-0.2, 0) is 0 Å². The second-order valence-electron chi connectivity index (χ2n) is 3.91. The third kappa shape index (κ3) is 2.85. The van der Waals surface area contributed by atoms with Crippen molar-refractivity contribution < 1.29 is 9.66 Å². The zero-order chi connectivity index (χ0) is 14.5. The predicted molar refractivity (Wildman–Crippen MR) is 80.9 cm³/mol. The number of hydrogen-bond donors (Lipinski definition) is 1. The molecule has 0 saturated heterocycles. The van der Waals surface area contributed by atoms with Crippen molar-refractivity contribution in [3.05, 3.63) is 52.6 Å². The van der Waals surface area contributed by atoms with Crippen LogP contribution in [-0.4, -0.2) is 18.2 Å². The second kappa shape index (κ2) is 6.29. The van der Waals surface area contributed by atoms with Crippen molar-refractivity contribution in [3.8, 4) is 11.5 Å². The highest BCUT2D eigenvalue weighted by Crippen LogP contribution is 2.39. The van der Waals surface area contributed by atoms with Gasteiger partial charge in [-0.3, -0.25) is 10.1 Å². The van der Waals surface area contributed by atoms with E-state index in [0.717, 1.165) is 4.90 Å². The molecule has 104 valence electrons. The molecule has 20 heavy (non-hydrogen) atoms. The maximum absolute atomic E-state index is 11.2. The van der Waals surface area contributed by atoms with E-state index in [2.05, 4.69) is 5.32 Å². The van der Waals surface area contributed by atoms with Crippen molar-refractivity contribution in [3.63, 3.8) is 0 Å². The van der Waals surface area contributed by atoms with E-state index in [1.54, 1.807) is 31.3 Å². The molecule has 0 bridgehead atoms. The minimum atomic E-state index is -0.442. The maximum atomic E-state index is 11.2. The Morgan fingerprint density at radius 1 is 1.15 bits per heavy atom. The van der Waals surface area contributed by atoms with Crippen molar-refractivity contribution >= 4 is 23.1 Å². The summed E-state index contributed by atoms with van der Waals surface area (Å²) in [5.74, 6) is 0.833. The molecule has 0 aromatic heterocycles. The largest absolute Gasteiger partial charge is 0.449 e. The Bertz CT molecular complexity index is 632. The second-order valence-corrected chi connectivity index (χ2v) is 4.76. The number of para-hydroxylation sites is 2. The van der Waals surface area contributed by atoms with E-state index in [1.165, 1.54) is 11.8 Å². The number of rotatable bonds is 5. The van der Waals surface area contributed by atoms with Gasteiger partial charge >= 0.3 is 5.69 Å². The lowest BCUT2D eigenvalue weighted by Gasteiger charge is -2.11. The van der Waals surface area contributed by atoms with Gasteiger partial charge in [0, 0.05) is 11.9 Å². The van der Waals surface area contributed by atoms with Crippen molar-refractivity contribution in [2.24, 2.45) is 0 Å². The van der Waals surface area contributed by atoms with Crippen LogP contribution >= 0.6 is 11.8 Å². The molecule has 6 heteroatoms. The van der Waals surface area contributed by atoms with Crippen LogP contribution in [0.4, 0.5) is 11.4 Å². The summed E-state index contributed by atoms with van der Waals surface area (Å²) < 4.78 is 5.73. The third-order valence-corrected chi connectivity index (χ3v) is 3.52. The smallest absolute Gasteiger partial charge is 0.334 e. The molecule has 5 nitrogen and oxygen atoms in total. The fraction of sp³-hybridized carbons (Fsp3) is 0.143. The van der Waals surface area contributed by atoms with Crippen LogP contribution in [0.5, 0.6) is 11.5 Å². The Balaban J connectivity index is 2.46. The fourth-order valence-corrected chi connectivity index (χ4v) is 2.34. The van der Waals surface area contributed by atoms with Gasteiger partial charge in [-0.1, -0.05) is 18.2 Å². The topological polar surface area (TPSA) is 64.4 Å². The lowest BCUT2D eigenvalue weighted by molar-refractivity contribution is -0.384. The highest BCUT2D eigenvalue weighted by Gasteiger charge is 2.21. The average Bonchev–Trinajstić information content (AvgIpc) is 2.47. The molecule has 0 saturated carbocycles. The zero-order valence-electron chi connectivity index (χ0n) is 11.1. The van der Waals surface area contributed by atoms with E-state index >= 15 is 0 Å². The number of nitro benzene ring substituents is 1. The van der Waals surface area contributed by atoms with E-state index in [1.807, 2.05) is 24.5 Å². The summed E-state index contributed by atoms with van der Waals surface area (Å²) in [4.78, 5) is 11.7. The molecule has 2 rings (SSSR count). The number of hydrogen-bond acceptors (Lipinski definition) is 5. The first kappa shape index (κ1) is 14.2. The van der Waals surface area contributed by atoms with Gasteiger partial charge in [0.15, 0.2) is 0 Å². The average molecular weight is 290 g/mol. The number of nitrogens with one attached hydrogen (secondary N) is 1. The summed E-state index contributed by atoms with van der Waals surface area (Å²) in [5.41, 5.74) is 0.361. The van der Waals surface area contributed by atoms with Gasteiger partial charge in [-0.15, -0.1) is 11.8 Å². The van der Waals surface area contributed by atoms with Gasteiger partial charge in [0.2, 0.25) is 5.75 Å². The SMILES string of the molecule is CNc1cccc(Oc2ccccc2SC)c1[N+](=O)[O-]. The summed E-state index contributed by atoms with van der Waals surface area (Å²) in [6.45, 7) is 0. The Kier molecular flexibility index (Phi) is 4.47. The fourth-order valence-electron chi connectivity index (χ4n) is 1.82. The van der Waals surface area contributed by atoms with E-state index in [-0.39, 0.29) is 11.4 Å². The molecule has 0 amide bonds. The first-order chi connectivity index (χ1) is 9.67. The molecule has 0 aliphatic rings. The van der Waals surface area contributed by atoms with Gasteiger partial charge in [0.05, 0.1) is 4.92 Å². The van der Waals surface area contributed by atoms with Crippen LogP contribution < -0.4 is 10.1 Å². The molecule has 2 aromatic rings. The van der Waals surface area contributed by atoms with Crippen LogP contribution in [0.25, 0.3) is 0 Å². The molecule has 0 aliphatic carbocycles. The van der Waals surface area contributed by atoms with Gasteiger partial charge in [-0.2, -0.15) is 0 Å². The molecular weight excluding hydrogens is 276 g/mol. The number of nitrogens with zero attached hydrogens (tertiary/aromatic N) is 1. The summed E-state index contributed by atoms with van der Waals surface area (Å²) in [6.07, 6.45) is 1.93. The van der Waals surface area contributed by atoms with Crippen molar-refractivity contribution in [1.29, 1.82) is 0 Å². The molecule has 0 radical (unpaired) electrons. The first-order valence-corrected chi connectivity index (χ1v) is 7.16. The molecule has 0 heterocycles. The molecular formula is C14H14N2O3S. The standard InChI is InChI=1S/C14H14N2O3S/c1-15-10-6-5-8-12(14(10)16(17)18)19-11-7-3-4-9-13(11)20-2/h3-9,15H,1-2H3. The third-order valence-electron chi connectivity index (χ3n) is 2.74. The minimum Gasteiger partial charge on any atom is -0.449 e. The molecule has 0 atom stereocenters. The Hall–Kier alpha value is -2.21. The zero-order valence-corrected chi connectivity index (χ0v) is 11.9. The highest BCUT2D eigenvalue weighted by atomic mass is 32.2. The first-order valence-electron chi connectivity index (χ1n) is 5.93. The molecule has 0 fully saturated rings. The van der Waals surface area contributed by atoms with E-state index < -0.39 is 4.92 Å². The number of anilines is 1. The molecule has 0 aliphatic heterocycles. The summed E-state index contributed by atoms with van der Waals surface area (Å²) >= 11 is 1.53. The summed E-state index contributed by atoms with van der Waals surface area (Å²) in [5, 5.41) is 14.0. The van der Waals surface area contributed by atoms with Gasteiger partial charge in [0.25, 0.3) is 0 Å². The van der Waals surface area contributed by atoms with Crippen molar-refractivity contribution in [2.45, 2.75) is 4.90 Å². The Labute approximate surface area is 121 Å². The van der Waals surface area contributed by atoms with Gasteiger partial charge in [0.1, 0.15) is 11.4 Å². The predicted octanol–water partition coefficient (Wildman–Crippen LogP) is 4.15. The number of nitro groups is 1.